The predicted molar refractivity (Wildman–Crippen MR) is 56.2 cm³/mol. The Morgan fingerprint density at radius 2 is 2.20 bits per heavy atom. The minimum Gasteiger partial charge on any atom is -0.481 e. The minimum absolute atomic E-state index is 0.00269. The van der Waals surface area contributed by atoms with Gasteiger partial charge in [-0.05, 0) is 24.6 Å². The number of rotatable bonds is 4. The van der Waals surface area contributed by atoms with E-state index >= 15 is 0 Å². The molecule has 2 N–H and O–H groups in total. The van der Waals surface area contributed by atoms with Crippen molar-refractivity contribution in [1.29, 1.82) is 0 Å². The maximum absolute atomic E-state index is 13.3. The average Bonchev–Trinajstić information content (AvgIpc) is 2.18. The van der Waals surface area contributed by atoms with Crippen molar-refractivity contribution in [1.82, 2.24) is 0 Å². The molecular formula is C10H10BrFO3. The SMILES string of the molecule is O=C(O)C(CCO)c1cc(Br)ccc1F. The van der Waals surface area contributed by atoms with E-state index in [9.17, 15) is 9.18 Å². The van der Waals surface area contributed by atoms with E-state index in [-0.39, 0.29) is 18.6 Å². The molecule has 5 heteroatoms. The minimum atomic E-state index is -1.14. The second-order valence-electron chi connectivity index (χ2n) is 3.07. The highest BCUT2D eigenvalue weighted by molar-refractivity contribution is 9.10. The number of hydrogen-bond donors (Lipinski definition) is 2. The van der Waals surface area contributed by atoms with Gasteiger partial charge in [-0.3, -0.25) is 4.79 Å². The topological polar surface area (TPSA) is 57.5 Å². The number of aliphatic hydroxyl groups is 1. The van der Waals surface area contributed by atoms with Crippen molar-refractivity contribution in [2.75, 3.05) is 6.61 Å². The summed E-state index contributed by atoms with van der Waals surface area (Å²) in [6, 6.07) is 4.12. The van der Waals surface area contributed by atoms with E-state index in [4.69, 9.17) is 10.2 Å². The van der Waals surface area contributed by atoms with E-state index in [0.717, 1.165) is 0 Å². The molecule has 1 aromatic carbocycles. The van der Waals surface area contributed by atoms with Gasteiger partial charge >= 0.3 is 5.97 Å². The number of benzene rings is 1. The number of aliphatic carboxylic acids is 1. The van der Waals surface area contributed by atoms with Gasteiger partial charge < -0.3 is 10.2 Å². The molecule has 0 saturated heterocycles. The zero-order valence-electron chi connectivity index (χ0n) is 7.78. The fourth-order valence-corrected chi connectivity index (χ4v) is 1.70. The van der Waals surface area contributed by atoms with Gasteiger partial charge in [0.25, 0.3) is 0 Å². The molecule has 1 atom stereocenters. The maximum Gasteiger partial charge on any atom is 0.311 e. The summed E-state index contributed by atoms with van der Waals surface area (Å²) >= 11 is 3.14. The van der Waals surface area contributed by atoms with Crippen molar-refractivity contribution in [3.05, 3.63) is 34.1 Å². The number of aliphatic hydroxyl groups excluding tert-OH is 1. The standard InChI is InChI=1S/C10H10BrFO3/c11-6-1-2-9(12)8(5-6)7(3-4-13)10(14)15/h1-2,5,7,13H,3-4H2,(H,14,15). The van der Waals surface area contributed by atoms with Crippen molar-refractivity contribution in [2.24, 2.45) is 0 Å². The lowest BCUT2D eigenvalue weighted by Gasteiger charge is -2.12. The fourth-order valence-electron chi connectivity index (χ4n) is 1.32. The van der Waals surface area contributed by atoms with Crippen LogP contribution in [0.25, 0.3) is 0 Å². The molecule has 0 aromatic heterocycles. The Balaban J connectivity index is 3.09. The Morgan fingerprint density at radius 3 is 2.73 bits per heavy atom. The summed E-state index contributed by atoms with van der Waals surface area (Å²) in [6.45, 7) is -0.289. The Labute approximate surface area is 94.7 Å². The Bertz CT molecular complexity index is 368. The zero-order valence-corrected chi connectivity index (χ0v) is 9.37. The summed E-state index contributed by atoms with van der Waals surface area (Å²) in [4.78, 5) is 10.9. The highest BCUT2D eigenvalue weighted by Gasteiger charge is 2.22. The van der Waals surface area contributed by atoms with Gasteiger partial charge in [-0.25, -0.2) is 4.39 Å². The molecule has 0 radical (unpaired) electrons. The third kappa shape index (κ3) is 3.00. The molecule has 0 aliphatic heterocycles. The molecule has 1 aromatic rings. The molecule has 0 aliphatic rings. The molecule has 15 heavy (non-hydrogen) atoms. The summed E-state index contributed by atoms with van der Waals surface area (Å²) in [6.07, 6.45) is 0.00269. The Morgan fingerprint density at radius 1 is 1.53 bits per heavy atom. The summed E-state index contributed by atoms with van der Waals surface area (Å²) in [5.74, 6) is -2.72. The molecule has 0 bridgehead atoms. The smallest absolute Gasteiger partial charge is 0.311 e. The van der Waals surface area contributed by atoms with Crippen LogP contribution in [0, 0.1) is 5.82 Å². The van der Waals surface area contributed by atoms with E-state index in [1.165, 1.54) is 18.2 Å². The molecular weight excluding hydrogens is 267 g/mol. The average molecular weight is 277 g/mol. The van der Waals surface area contributed by atoms with Gasteiger partial charge in [0.05, 0.1) is 5.92 Å². The molecule has 1 rings (SSSR count). The molecule has 0 spiro atoms. The quantitative estimate of drug-likeness (QED) is 0.886. The predicted octanol–water partition coefficient (Wildman–Crippen LogP) is 2.14. The van der Waals surface area contributed by atoms with E-state index in [0.29, 0.717) is 4.47 Å². The van der Waals surface area contributed by atoms with Crippen LogP contribution in [0.2, 0.25) is 0 Å². The number of carbonyl (C=O) groups is 1. The molecule has 0 aliphatic carbocycles. The van der Waals surface area contributed by atoms with Gasteiger partial charge in [-0.2, -0.15) is 0 Å². The van der Waals surface area contributed by atoms with Crippen LogP contribution in [-0.4, -0.2) is 22.8 Å². The van der Waals surface area contributed by atoms with Crippen molar-refractivity contribution in [2.45, 2.75) is 12.3 Å². The van der Waals surface area contributed by atoms with Gasteiger partial charge in [0.2, 0.25) is 0 Å². The lowest BCUT2D eigenvalue weighted by molar-refractivity contribution is -0.139. The van der Waals surface area contributed by atoms with Gasteiger partial charge in [-0.1, -0.05) is 15.9 Å². The molecule has 82 valence electrons. The first-order chi connectivity index (χ1) is 7.06. The van der Waals surface area contributed by atoms with E-state index in [2.05, 4.69) is 15.9 Å². The van der Waals surface area contributed by atoms with E-state index < -0.39 is 17.7 Å². The highest BCUT2D eigenvalue weighted by Crippen LogP contribution is 2.25. The summed E-state index contributed by atoms with van der Waals surface area (Å²) in [5, 5.41) is 17.6. The summed E-state index contributed by atoms with van der Waals surface area (Å²) in [7, 11) is 0. The Kier molecular flexibility index (Phi) is 4.23. The van der Waals surface area contributed by atoms with Crippen LogP contribution in [0.3, 0.4) is 0 Å². The third-order valence-electron chi connectivity index (χ3n) is 2.05. The maximum atomic E-state index is 13.3. The van der Waals surface area contributed by atoms with Crippen molar-refractivity contribution >= 4 is 21.9 Å². The largest absolute Gasteiger partial charge is 0.481 e. The normalized spacial score (nSPS) is 12.5. The first kappa shape index (κ1) is 12.1. The van der Waals surface area contributed by atoms with Crippen LogP contribution in [0.4, 0.5) is 4.39 Å². The number of halogens is 2. The molecule has 0 saturated carbocycles. The Hall–Kier alpha value is -0.940. The second-order valence-corrected chi connectivity index (χ2v) is 3.98. The fraction of sp³-hybridized carbons (Fsp3) is 0.300. The van der Waals surface area contributed by atoms with Crippen LogP contribution < -0.4 is 0 Å². The first-order valence-electron chi connectivity index (χ1n) is 4.35. The van der Waals surface area contributed by atoms with Gasteiger partial charge in [0.15, 0.2) is 0 Å². The summed E-state index contributed by atoms with van der Waals surface area (Å²) in [5.41, 5.74) is 0.0888. The number of carboxylic acids is 1. The van der Waals surface area contributed by atoms with Crippen molar-refractivity contribution in [3.8, 4) is 0 Å². The molecule has 1 unspecified atom stereocenters. The monoisotopic (exact) mass is 276 g/mol. The van der Waals surface area contributed by atoms with Gasteiger partial charge in [0, 0.05) is 16.6 Å². The van der Waals surface area contributed by atoms with E-state index in [1.807, 2.05) is 0 Å². The van der Waals surface area contributed by atoms with E-state index in [1.54, 1.807) is 0 Å². The highest BCUT2D eigenvalue weighted by atomic mass is 79.9. The zero-order chi connectivity index (χ0) is 11.4. The molecule has 3 nitrogen and oxygen atoms in total. The lowest BCUT2D eigenvalue weighted by Crippen LogP contribution is -2.14. The molecule has 0 fully saturated rings. The number of hydrogen-bond acceptors (Lipinski definition) is 2. The second kappa shape index (κ2) is 5.23. The van der Waals surface area contributed by atoms with Crippen molar-refractivity contribution in [3.63, 3.8) is 0 Å². The van der Waals surface area contributed by atoms with Crippen LogP contribution >= 0.6 is 15.9 Å². The van der Waals surface area contributed by atoms with Crippen molar-refractivity contribution < 1.29 is 19.4 Å². The van der Waals surface area contributed by atoms with Gasteiger partial charge in [0.1, 0.15) is 5.82 Å². The van der Waals surface area contributed by atoms with Crippen LogP contribution in [0.15, 0.2) is 22.7 Å². The molecule has 0 heterocycles. The lowest BCUT2D eigenvalue weighted by atomic mass is 9.96. The van der Waals surface area contributed by atoms with Crippen LogP contribution in [0.1, 0.15) is 17.9 Å². The van der Waals surface area contributed by atoms with Gasteiger partial charge in [-0.15, -0.1) is 0 Å². The van der Waals surface area contributed by atoms with Crippen LogP contribution in [0.5, 0.6) is 0 Å². The summed E-state index contributed by atoms with van der Waals surface area (Å²) < 4.78 is 14.0. The number of carboxylic acid groups (broad SMARTS) is 1. The molecule has 0 amide bonds. The first-order valence-corrected chi connectivity index (χ1v) is 5.14. The third-order valence-corrected chi connectivity index (χ3v) is 2.54. The van der Waals surface area contributed by atoms with Crippen LogP contribution in [-0.2, 0) is 4.79 Å².